The third-order valence-corrected chi connectivity index (χ3v) is 3.75. The zero-order chi connectivity index (χ0) is 17.1. The molecule has 0 radical (unpaired) electrons. The average Bonchev–Trinajstić information content (AvgIpc) is 2.59. The number of benzene rings is 2. The largest absolute Gasteiger partial charge is 0.493 e. The third-order valence-electron chi connectivity index (χ3n) is 3.75. The van der Waals surface area contributed by atoms with Gasteiger partial charge in [0.2, 0.25) is 0 Å². The molecule has 0 aliphatic carbocycles. The van der Waals surface area contributed by atoms with Crippen molar-refractivity contribution in [3.8, 4) is 23.0 Å². The number of nitrogens with two attached hydrogens (primary N) is 1. The predicted octanol–water partition coefficient (Wildman–Crippen LogP) is 4.33. The first-order chi connectivity index (χ1) is 11.7. The molecule has 0 amide bonds. The molecule has 3 aromatic rings. The maximum atomic E-state index is 6.19. The summed E-state index contributed by atoms with van der Waals surface area (Å²) in [6, 6.07) is 11.2. The van der Waals surface area contributed by atoms with Crippen LogP contribution in [0.1, 0.15) is 12.5 Å². The van der Waals surface area contributed by atoms with Crippen LogP contribution in [0.5, 0.6) is 23.0 Å². The molecule has 0 fully saturated rings. The number of aromatic nitrogens is 1. The predicted molar refractivity (Wildman–Crippen MR) is 95.1 cm³/mol. The summed E-state index contributed by atoms with van der Waals surface area (Å²) in [5, 5.41) is 0.834. The highest BCUT2D eigenvalue weighted by atomic mass is 16.5. The van der Waals surface area contributed by atoms with Gasteiger partial charge in [0.25, 0.3) is 0 Å². The molecule has 124 valence electrons. The van der Waals surface area contributed by atoms with Gasteiger partial charge in [-0.2, -0.15) is 0 Å². The van der Waals surface area contributed by atoms with Gasteiger partial charge in [-0.3, -0.25) is 4.98 Å². The van der Waals surface area contributed by atoms with Crippen LogP contribution in [0.25, 0.3) is 10.9 Å². The first-order valence-electron chi connectivity index (χ1n) is 7.77. The van der Waals surface area contributed by atoms with E-state index in [-0.39, 0.29) is 0 Å². The molecule has 2 aromatic carbocycles. The minimum Gasteiger partial charge on any atom is -0.493 e. The lowest BCUT2D eigenvalue weighted by Crippen LogP contribution is -2.00. The first-order valence-corrected chi connectivity index (χ1v) is 7.77. The van der Waals surface area contributed by atoms with E-state index in [4.69, 9.17) is 19.9 Å². The van der Waals surface area contributed by atoms with Gasteiger partial charge in [0, 0.05) is 12.3 Å². The van der Waals surface area contributed by atoms with Crippen LogP contribution in [0, 0.1) is 6.92 Å². The number of hydrogen-bond donors (Lipinski definition) is 1. The zero-order valence-electron chi connectivity index (χ0n) is 14.0. The summed E-state index contributed by atoms with van der Waals surface area (Å²) >= 11 is 0. The smallest absolute Gasteiger partial charge is 0.179 e. The second-order valence-electron chi connectivity index (χ2n) is 5.33. The summed E-state index contributed by atoms with van der Waals surface area (Å²) in [4.78, 5) is 4.39. The van der Waals surface area contributed by atoms with Crippen molar-refractivity contribution in [2.24, 2.45) is 0 Å². The number of aryl methyl sites for hydroxylation is 1. The molecule has 2 N–H and O–H groups in total. The van der Waals surface area contributed by atoms with Crippen LogP contribution in [0.3, 0.4) is 0 Å². The Balaban J connectivity index is 2.21. The number of anilines is 1. The van der Waals surface area contributed by atoms with Crippen molar-refractivity contribution in [3.05, 3.63) is 48.2 Å². The number of fused-ring (bicyclic) bond motifs is 1. The highest BCUT2D eigenvalue weighted by Crippen LogP contribution is 2.44. The monoisotopic (exact) mass is 324 g/mol. The van der Waals surface area contributed by atoms with Crippen molar-refractivity contribution in [2.45, 2.75) is 13.8 Å². The van der Waals surface area contributed by atoms with Gasteiger partial charge in [-0.15, -0.1) is 0 Å². The van der Waals surface area contributed by atoms with Gasteiger partial charge in [0.15, 0.2) is 23.0 Å². The Morgan fingerprint density at radius 3 is 2.54 bits per heavy atom. The number of ether oxygens (including phenoxy) is 3. The van der Waals surface area contributed by atoms with Gasteiger partial charge in [-0.25, -0.2) is 0 Å². The fourth-order valence-electron chi connectivity index (χ4n) is 2.63. The number of methoxy groups -OCH3 is 1. The number of hydrogen-bond acceptors (Lipinski definition) is 5. The number of rotatable bonds is 5. The minimum absolute atomic E-state index is 0.552. The second-order valence-corrected chi connectivity index (χ2v) is 5.33. The molecule has 24 heavy (non-hydrogen) atoms. The molecule has 1 aromatic heterocycles. The minimum atomic E-state index is 0.552. The van der Waals surface area contributed by atoms with Crippen molar-refractivity contribution in [1.29, 1.82) is 0 Å². The van der Waals surface area contributed by atoms with Gasteiger partial charge in [-0.1, -0.05) is 12.1 Å². The highest BCUT2D eigenvalue weighted by molar-refractivity contribution is 5.98. The van der Waals surface area contributed by atoms with E-state index < -0.39 is 0 Å². The molecular weight excluding hydrogens is 304 g/mol. The van der Waals surface area contributed by atoms with E-state index in [9.17, 15) is 0 Å². The Hall–Kier alpha value is -2.95. The molecule has 0 bridgehead atoms. The van der Waals surface area contributed by atoms with E-state index in [0.717, 1.165) is 10.9 Å². The number of nitrogens with zero attached hydrogens (tertiary/aromatic N) is 1. The second kappa shape index (κ2) is 6.66. The molecule has 0 aliphatic rings. The molecule has 1 heterocycles. The molecule has 3 rings (SSSR count). The summed E-state index contributed by atoms with van der Waals surface area (Å²) < 4.78 is 17.3. The van der Waals surface area contributed by atoms with Crippen LogP contribution in [0.2, 0.25) is 0 Å². The maximum absolute atomic E-state index is 6.19. The zero-order valence-corrected chi connectivity index (χ0v) is 14.0. The molecule has 5 nitrogen and oxygen atoms in total. The van der Waals surface area contributed by atoms with Crippen LogP contribution in [-0.4, -0.2) is 18.7 Å². The van der Waals surface area contributed by atoms with Crippen molar-refractivity contribution < 1.29 is 14.2 Å². The Bertz CT molecular complexity index is 878. The van der Waals surface area contributed by atoms with Crippen LogP contribution >= 0.6 is 0 Å². The van der Waals surface area contributed by atoms with Crippen LogP contribution < -0.4 is 19.9 Å². The van der Waals surface area contributed by atoms with Crippen molar-refractivity contribution in [1.82, 2.24) is 4.98 Å². The first kappa shape index (κ1) is 15.9. The summed E-state index contributed by atoms with van der Waals surface area (Å²) in [5.74, 6) is 2.43. The normalized spacial score (nSPS) is 10.6. The van der Waals surface area contributed by atoms with Gasteiger partial charge in [0.1, 0.15) is 0 Å². The lowest BCUT2D eigenvalue weighted by molar-refractivity contribution is 0.317. The van der Waals surface area contributed by atoms with Crippen molar-refractivity contribution in [2.75, 3.05) is 19.5 Å². The van der Waals surface area contributed by atoms with E-state index in [1.165, 1.54) is 0 Å². The van der Waals surface area contributed by atoms with E-state index >= 15 is 0 Å². The molecular formula is C19H20N2O3. The third kappa shape index (κ3) is 2.80. The quantitative estimate of drug-likeness (QED) is 0.708. The topological polar surface area (TPSA) is 66.6 Å². The van der Waals surface area contributed by atoms with E-state index in [2.05, 4.69) is 4.98 Å². The fraction of sp³-hybridized carbons (Fsp3) is 0.211. The van der Waals surface area contributed by atoms with Crippen molar-refractivity contribution >= 4 is 16.6 Å². The number of para-hydroxylation sites is 2. The summed E-state index contributed by atoms with van der Waals surface area (Å²) in [6.45, 7) is 4.48. The number of nitrogen functional groups attached to an aromatic ring is 1. The SMILES string of the molecule is CCOc1ccccc1Oc1c(OC)cc(N)c2nccc(C)c12. The molecule has 0 unspecified atom stereocenters. The lowest BCUT2D eigenvalue weighted by Gasteiger charge is -2.17. The Morgan fingerprint density at radius 1 is 1.08 bits per heavy atom. The van der Waals surface area contributed by atoms with E-state index in [0.29, 0.717) is 40.8 Å². The van der Waals surface area contributed by atoms with Gasteiger partial charge < -0.3 is 19.9 Å². The molecule has 0 aliphatic heterocycles. The van der Waals surface area contributed by atoms with E-state index in [1.54, 1.807) is 19.4 Å². The average molecular weight is 324 g/mol. The standard InChI is InChI=1S/C19H20N2O3/c1-4-23-14-7-5-6-8-15(14)24-19-16(22-3)11-13(20)18-17(19)12(2)9-10-21-18/h5-11H,4,20H2,1-3H3. The Labute approximate surface area is 141 Å². The maximum Gasteiger partial charge on any atom is 0.179 e. The van der Waals surface area contributed by atoms with Crippen LogP contribution in [-0.2, 0) is 0 Å². The van der Waals surface area contributed by atoms with Gasteiger partial charge >= 0.3 is 0 Å². The van der Waals surface area contributed by atoms with Gasteiger partial charge in [-0.05, 0) is 37.6 Å². The molecule has 0 spiro atoms. The fourth-order valence-corrected chi connectivity index (χ4v) is 2.63. The van der Waals surface area contributed by atoms with Gasteiger partial charge in [0.05, 0.1) is 30.3 Å². The Kier molecular flexibility index (Phi) is 4.42. The van der Waals surface area contributed by atoms with Crippen molar-refractivity contribution in [3.63, 3.8) is 0 Å². The van der Waals surface area contributed by atoms with Crippen LogP contribution in [0.15, 0.2) is 42.6 Å². The number of pyridine rings is 1. The lowest BCUT2D eigenvalue weighted by atomic mass is 10.1. The highest BCUT2D eigenvalue weighted by Gasteiger charge is 2.18. The summed E-state index contributed by atoms with van der Waals surface area (Å²) in [7, 11) is 1.59. The molecule has 0 saturated carbocycles. The molecule has 0 saturated heterocycles. The molecule has 5 heteroatoms. The molecule has 0 atom stereocenters. The summed E-state index contributed by atoms with van der Waals surface area (Å²) in [5.41, 5.74) is 8.37. The van der Waals surface area contributed by atoms with E-state index in [1.807, 2.05) is 44.2 Å². The van der Waals surface area contributed by atoms with Crippen LogP contribution in [0.4, 0.5) is 5.69 Å². The Morgan fingerprint density at radius 2 is 1.83 bits per heavy atom. The summed E-state index contributed by atoms with van der Waals surface area (Å²) in [6.07, 6.45) is 1.73.